The van der Waals surface area contributed by atoms with Gasteiger partial charge < -0.3 is 44.4 Å². The van der Waals surface area contributed by atoms with Crippen LogP contribution in [-0.2, 0) is 26.5 Å². The van der Waals surface area contributed by atoms with Crippen molar-refractivity contribution in [3.8, 4) is 17.2 Å². The summed E-state index contributed by atoms with van der Waals surface area (Å²) in [5, 5.41) is 13.6. The van der Waals surface area contributed by atoms with Gasteiger partial charge in [-0.05, 0) is 24.2 Å². The smallest absolute Gasteiger partial charge is 0.417 e. The van der Waals surface area contributed by atoms with Crippen LogP contribution in [0.4, 0.5) is 25.0 Å². The number of carbonyl (C=O) groups excluding carboxylic acids is 1. The second kappa shape index (κ2) is 14.0. The fourth-order valence-electron chi connectivity index (χ4n) is 4.63. The molecule has 0 saturated carbocycles. The van der Waals surface area contributed by atoms with Crippen molar-refractivity contribution in [2.45, 2.75) is 38.0 Å². The van der Waals surface area contributed by atoms with Crippen molar-refractivity contribution in [1.29, 1.82) is 0 Å². The maximum atomic E-state index is 15.3. The minimum Gasteiger partial charge on any atom is -0.630 e. The van der Waals surface area contributed by atoms with Crippen LogP contribution in [0, 0.1) is 16.8 Å². The number of hydrogen-bond acceptors (Lipinski definition) is 8. The fourth-order valence-corrected chi connectivity index (χ4v) is 5.39. The highest BCUT2D eigenvalue weighted by Gasteiger charge is 2.44. The lowest BCUT2D eigenvalue weighted by atomic mass is 9.91. The highest BCUT2D eigenvalue weighted by molar-refractivity contribution is 6.76. The van der Waals surface area contributed by atoms with Crippen molar-refractivity contribution in [2.75, 3.05) is 32.2 Å². The molecule has 1 saturated heterocycles. The van der Waals surface area contributed by atoms with Crippen molar-refractivity contribution in [3.63, 3.8) is 0 Å². The fraction of sp³-hybridized carbons (Fsp3) is 0.333. The van der Waals surface area contributed by atoms with E-state index in [-0.39, 0.29) is 42.6 Å². The van der Waals surface area contributed by atoms with E-state index in [0.717, 1.165) is 18.2 Å². The topological polar surface area (TPSA) is 164 Å². The van der Waals surface area contributed by atoms with Crippen molar-refractivity contribution in [3.05, 3.63) is 77.3 Å². The Morgan fingerprint density at radius 3 is 2.42 bits per heavy atom. The predicted octanol–water partition coefficient (Wildman–Crippen LogP) is 4.77. The Labute approximate surface area is 259 Å². The number of fused-ring (bicyclic) bond motifs is 1. The molecule has 45 heavy (non-hydrogen) atoms. The molecule has 242 valence electrons. The highest BCUT2D eigenvalue weighted by Crippen LogP contribution is 2.43. The van der Waals surface area contributed by atoms with Crippen molar-refractivity contribution in [1.82, 2.24) is 9.55 Å². The first-order valence-corrected chi connectivity index (χ1v) is 17.6. The summed E-state index contributed by atoms with van der Waals surface area (Å²) in [6, 6.07) is 10.1. The number of aromatic nitrogens is 2. The Bertz CT molecular complexity index is 1610. The Morgan fingerprint density at radius 2 is 1.84 bits per heavy atom. The zero-order valence-corrected chi connectivity index (χ0v) is 26.3. The molecule has 1 aliphatic heterocycles. The highest BCUT2D eigenvalue weighted by atomic mass is 28.3. The third-order valence-corrected chi connectivity index (χ3v) is 8.89. The number of quaternary nitrogens is 1. The maximum absolute atomic E-state index is 15.3. The van der Waals surface area contributed by atoms with Crippen LogP contribution in [0.5, 0.6) is 17.2 Å². The average molecular weight is 647 g/mol. The first-order chi connectivity index (χ1) is 21.0. The van der Waals surface area contributed by atoms with E-state index in [1.807, 2.05) is 10.8 Å². The molecule has 12 nitrogen and oxygen atoms in total. The second-order valence-electron chi connectivity index (χ2n) is 11.6. The molecule has 0 bridgehead atoms. The van der Waals surface area contributed by atoms with Crippen LogP contribution in [0.1, 0.15) is 5.56 Å². The van der Waals surface area contributed by atoms with E-state index >= 15 is 8.78 Å². The number of rotatable bonds is 12. The van der Waals surface area contributed by atoms with E-state index in [0.29, 0.717) is 34.4 Å². The van der Waals surface area contributed by atoms with E-state index in [1.165, 1.54) is 36.5 Å². The molecular weight excluding hydrogens is 610 g/mol. The quantitative estimate of drug-likeness (QED) is 0.0962. The van der Waals surface area contributed by atoms with Crippen LogP contribution in [-0.4, -0.2) is 56.1 Å². The third-order valence-electron chi connectivity index (χ3n) is 7.18. The van der Waals surface area contributed by atoms with Gasteiger partial charge in [-0.15, -0.1) is 0 Å². The maximum Gasteiger partial charge on any atom is 0.417 e. The first kappa shape index (κ1) is 33.9. The second-order valence-corrected chi connectivity index (χ2v) is 17.3. The predicted molar refractivity (Wildman–Crippen MR) is 164 cm³/mol. The van der Waals surface area contributed by atoms with Crippen LogP contribution in [0.15, 0.2) is 54.9 Å². The Hall–Kier alpha value is -3.96. The number of methoxy groups -OCH3 is 1. The van der Waals surface area contributed by atoms with Crippen LogP contribution in [0.3, 0.4) is 0 Å². The number of hydrogen-bond donors (Lipinski definition) is 2. The molecule has 3 heterocycles. The van der Waals surface area contributed by atoms with E-state index in [4.69, 9.17) is 23.7 Å². The number of nitrogens with zero attached hydrogens (tertiary/aromatic N) is 2. The monoisotopic (exact) mass is 646 g/mol. The van der Waals surface area contributed by atoms with Gasteiger partial charge in [0.15, 0.2) is 17.4 Å². The van der Waals surface area contributed by atoms with Crippen LogP contribution in [0.2, 0.25) is 25.7 Å². The van der Waals surface area contributed by atoms with Gasteiger partial charge >= 0.3 is 6.09 Å². The summed E-state index contributed by atoms with van der Waals surface area (Å²) < 4.78 is 60.6. The van der Waals surface area contributed by atoms with Gasteiger partial charge in [0.1, 0.15) is 35.2 Å². The molecule has 2 aromatic carbocycles. The SMILES string of the molecule is COC1(c2cn(COCC[Si](C)(C)C)c3nccc(Oc4c(F)cc(NC(=O)Oc5ccc([NH2+][O-])cc5)cc4F)c23)COC1.O. The number of anilines is 1. The van der Waals surface area contributed by atoms with Crippen LogP contribution >= 0.6 is 0 Å². The van der Waals surface area contributed by atoms with Gasteiger partial charge in [0.25, 0.3) is 0 Å². The standard InChI is InChI=1S/C30H34F2N4O7Si.H2O/c1-39-30(16-41-17-30)22-15-36(18-40-11-12-44(2,3)4)28-26(22)25(9-10-33-28)43-27-23(31)13-20(14-24(27)32)34-29(37)42-21-7-5-19(35-38)6-8-21;/h5-10,13-15H,11-12,16-18,35H2,1-4H3,(H,34,37);1H2. The van der Waals surface area contributed by atoms with Crippen molar-refractivity contribution in [2.24, 2.45) is 0 Å². The molecule has 0 aliphatic carbocycles. The molecule has 15 heteroatoms. The van der Waals surface area contributed by atoms with Gasteiger partial charge in [-0.3, -0.25) is 5.32 Å². The summed E-state index contributed by atoms with van der Waals surface area (Å²) in [5.74, 6) is -2.46. The minimum absolute atomic E-state index is 0. The number of benzene rings is 2. The lowest BCUT2D eigenvalue weighted by Gasteiger charge is -2.40. The Kier molecular flexibility index (Phi) is 10.5. The average Bonchev–Trinajstić information content (AvgIpc) is 3.32. The molecular formula is C30H36F2N4O8Si. The lowest BCUT2D eigenvalue weighted by molar-refractivity contribution is -0.497. The summed E-state index contributed by atoms with van der Waals surface area (Å²) in [4.78, 5) is 16.8. The number of carbonyl (C=O) groups is 1. The Morgan fingerprint density at radius 1 is 1.16 bits per heavy atom. The van der Waals surface area contributed by atoms with E-state index in [1.54, 1.807) is 7.11 Å². The Balaban J connectivity index is 0.00000461. The van der Waals surface area contributed by atoms with Gasteiger partial charge in [0.05, 0.1) is 24.3 Å². The molecule has 0 unspecified atom stereocenters. The number of pyridine rings is 1. The number of amides is 1. The van der Waals surface area contributed by atoms with Gasteiger partial charge in [0, 0.05) is 64.0 Å². The van der Waals surface area contributed by atoms with E-state index in [2.05, 4.69) is 29.9 Å². The zero-order chi connectivity index (χ0) is 31.5. The third kappa shape index (κ3) is 7.65. The molecule has 5 rings (SSSR count). The molecule has 0 spiro atoms. The summed E-state index contributed by atoms with van der Waals surface area (Å²) in [6.07, 6.45) is 2.36. The van der Waals surface area contributed by atoms with Gasteiger partial charge in [-0.25, -0.2) is 18.6 Å². The molecule has 0 radical (unpaired) electrons. The minimum atomic E-state index is -1.29. The molecule has 0 atom stereocenters. The first-order valence-electron chi connectivity index (χ1n) is 13.9. The summed E-state index contributed by atoms with van der Waals surface area (Å²) in [6.45, 7) is 8.20. The number of nitrogens with one attached hydrogen (secondary N) is 1. The van der Waals surface area contributed by atoms with Crippen molar-refractivity contribution < 1.29 is 48.2 Å². The van der Waals surface area contributed by atoms with E-state index < -0.39 is 37.2 Å². The summed E-state index contributed by atoms with van der Waals surface area (Å²) >= 11 is 0. The molecule has 5 N–H and O–H groups in total. The van der Waals surface area contributed by atoms with Crippen molar-refractivity contribution >= 4 is 36.6 Å². The van der Waals surface area contributed by atoms with E-state index in [9.17, 15) is 10.0 Å². The summed E-state index contributed by atoms with van der Waals surface area (Å²) in [5.41, 5.74) is 1.26. The zero-order valence-electron chi connectivity index (χ0n) is 25.3. The molecule has 2 aromatic heterocycles. The number of halogens is 2. The molecule has 4 aromatic rings. The number of ether oxygens (including phenoxy) is 5. The van der Waals surface area contributed by atoms with Gasteiger partial charge in [-0.1, -0.05) is 19.6 Å². The van der Waals surface area contributed by atoms with Crippen LogP contribution in [0.25, 0.3) is 11.0 Å². The normalized spacial score (nSPS) is 14.0. The summed E-state index contributed by atoms with van der Waals surface area (Å²) in [7, 11) is 0.281. The van der Waals surface area contributed by atoms with Crippen LogP contribution < -0.4 is 20.3 Å². The molecule has 1 amide bonds. The number of nitrogens with two attached hydrogens (primary N) is 1. The molecule has 1 aliphatic rings. The van der Waals surface area contributed by atoms with Gasteiger partial charge in [0.2, 0.25) is 0 Å². The largest absolute Gasteiger partial charge is 0.630 e. The molecule has 1 fully saturated rings. The van der Waals surface area contributed by atoms with Gasteiger partial charge in [-0.2, -0.15) is 0 Å². The lowest BCUT2D eigenvalue weighted by Crippen LogP contribution is -2.70.